The summed E-state index contributed by atoms with van der Waals surface area (Å²) in [4.78, 5) is 17.7. The van der Waals surface area contributed by atoms with Gasteiger partial charge in [-0.1, -0.05) is 55.5 Å². The number of nitrogens with zero attached hydrogens (tertiary/aromatic N) is 1. The maximum Gasteiger partial charge on any atom is 0.148 e. The summed E-state index contributed by atoms with van der Waals surface area (Å²) in [5.41, 5.74) is 2.47. The van der Waals surface area contributed by atoms with Crippen molar-refractivity contribution < 1.29 is 4.79 Å². The van der Waals surface area contributed by atoms with Crippen LogP contribution in [0, 0.1) is 0 Å². The van der Waals surface area contributed by atoms with E-state index in [1.807, 2.05) is 37.3 Å². The van der Waals surface area contributed by atoms with Gasteiger partial charge in [-0.05, 0) is 12.5 Å². The fourth-order valence-corrected chi connectivity index (χ4v) is 3.68. The normalized spacial score (nSPS) is 21.1. The monoisotopic (exact) mass is 295 g/mol. The van der Waals surface area contributed by atoms with E-state index in [9.17, 15) is 4.79 Å². The van der Waals surface area contributed by atoms with E-state index in [0.717, 1.165) is 23.1 Å². The second-order valence-electron chi connectivity index (χ2n) is 5.19. The van der Waals surface area contributed by atoms with Gasteiger partial charge in [0.05, 0.1) is 5.71 Å². The lowest BCUT2D eigenvalue weighted by Gasteiger charge is -2.20. The van der Waals surface area contributed by atoms with Crippen LogP contribution in [0.15, 0.2) is 64.5 Å². The van der Waals surface area contributed by atoms with Gasteiger partial charge < -0.3 is 4.79 Å². The SMILES string of the molecule is CCC1(C=O)CSc2ccccc2C(c2ccccc2)=N1. The number of thioether (sulfide) groups is 1. The average molecular weight is 295 g/mol. The molecular formula is C18H17NOS. The molecule has 0 saturated heterocycles. The zero-order valence-corrected chi connectivity index (χ0v) is 12.8. The van der Waals surface area contributed by atoms with Gasteiger partial charge in [0.2, 0.25) is 0 Å². The van der Waals surface area contributed by atoms with E-state index in [-0.39, 0.29) is 0 Å². The average Bonchev–Trinajstić information content (AvgIpc) is 2.74. The van der Waals surface area contributed by atoms with E-state index in [1.165, 1.54) is 4.90 Å². The largest absolute Gasteiger partial charge is 0.301 e. The van der Waals surface area contributed by atoms with Crippen LogP contribution in [-0.4, -0.2) is 23.3 Å². The van der Waals surface area contributed by atoms with E-state index in [4.69, 9.17) is 4.99 Å². The molecule has 0 amide bonds. The third-order valence-electron chi connectivity index (χ3n) is 3.83. The Bertz CT molecular complexity index is 681. The smallest absolute Gasteiger partial charge is 0.148 e. The first kappa shape index (κ1) is 14.1. The predicted molar refractivity (Wildman–Crippen MR) is 88.3 cm³/mol. The summed E-state index contributed by atoms with van der Waals surface area (Å²) < 4.78 is 0. The van der Waals surface area contributed by atoms with E-state index >= 15 is 0 Å². The van der Waals surface area contributed by atoms with E-state index in [2.05, 4.69) is 24.3 Å². The van der Waals surface area contributed by atoms with Crippen LogP contribution in [0.3, 0.4) is 0 Å². The molecule has 2 nitrogen and oxygen atoms in total. The molecule has 0 bridgehead atoms. The van der Waals surface area contributed by atoms with Crippen LogP contribution in [0.1, 0.15) is 24.5 Å². The lowest BCUT2D eigenvalue weighted by molar-refractivity contribution is -0.111. The minimum atomic E-state index is -0.630. The van der Waals surface area contributed by atoms with Crippen LogP contribution in [0.25, 0.3) is 0 Å². The van der Waals surface area contributed by atoms with Crippen molar-refractivity contribution in [3.8, 4) is 0 Å². The second-order valence-corrected chi connectivity index (χ2v) is 6.20. The summed E-state index contributed by atoms with van der Waals surface area (Å²) >= 11 is 1.72. The maximum atomic E-state index is 11.7. The highest BCUT2D eigenvalue weighted by atomic mass is 32.2. The summed E-state index contributed by atoms with van der Waals surface area (Å²) in [7, 11) is 0. The van der Waals surface area contributed by atoms with E-state index in [1.54, 1.807) is 11.8 Å². The summed E-state index contributed by atoms with van der Waals surface area (Å²) in [5.74, 6) is 0.695. The van der Waals surface area contributed by atoms with Crippen molar-refractivity contribution in [3.05, 3.63) is 65.7 Å². The molecular weight excluding hydrogens is 278 g/mol. The molecule has 0 radical (unpaired) electrons. The molecule has 1 atom stereocenters. The van der Waals surface area contributed by atoms with Gasteiger partial charge in [0.15, 0.2) is 0 Å². The molecule has 0 fully saturated rings. The number of rotatable bonds is 3. The second kappa shape index (κ2) is 5.86. The van der Waals surface area contributed by atoms with E-state index in [0.29, 0.717) is 12.2 Å². The Balaban J connectivity index is 2.22. The van der Waals surface area contributed by atoms with Crippen LogP contribution in [0.5, 0.6) is 0 Å². The molecule has 0 spiro atoms. The molecule has 2 aromatic carbocycles. The Morgan fingerprint density at radius 3 is 2.57 bits per heavy atom. The molecule has 1 heterocycles. The van der Waals surface area contributed by atoms with Crippen molar-refractivity contribution in [2.45, 2.75) is 23.8 Å². The van der Waals surface area contributed by atoms with Crippen molar-refractivity contribution in [1.82, 2.24) is 0 Å². The number of fused-ring (bicyclic) bond motifs is 1. The number of hydrogen-bond donors (Lipinski definition) is 0. The highest BCUT2D eigenvalue weighted by Crippen LogP contribution is 2.34. The minimum absolute atomic E-state index is 0.630. The van der Waals surface area contributed by atoms with Crippen molar-refractivity contribution in [2.24, 2.45) is 4.99 Å². The summed E-state index contributed by atoms with van der Waals surface area (Å²) in [6.07, 6.45) is 1.72. The Morgan fingerprint density at radius 1 is 1.14 bits per heavy atom. The van der Waals surface area contributed by atoms with Gasteiger partial charge in [-0.3, -0.25) is 4.99 Å². The number of carbonyl (C=O) groups excluding carboxylic acids is 1. The molecule has 3 rings (SSSR count). The molecule has 0 N–H and O–H groups in total. The quantitative estimate of drug-likeness (QED) is 0.802. The molecule has 3 heteroatoms. The van der Waals surface area contributed by atoms with Crippen LogP contribution >= 0.6 is 11.8 Å². The number of carbonyl (C=O) groups is 1. The van der Waals surface area contributed by atoms with E-state index < -0.39 is 5.54 Å². The van der Waals surface area contributed by atoms with Crippen LogP contribution in [0.4, 0.5) is 0 Å². The number of aldehydes is 1. The molecule has 106 valence electrons. The topological polar surface area (TPSA) is 29.4 Å². The zero-order chi connectivity index (χ0) is 14.7. The third-order valence-corrected chi connectivity index (χ3v) is 5.14. The Hall–Kier alpha value is -1.87. The highest BCUT2D eigenvalue weighted by molar-refractivity contribution is 7.99. The lowest BCUT2D eigenvalue weighted by atomic mass is 9.97. The molecule has 0 saturated carbocycles. The summed E-state index contributed by atoms with van der Waals surface area (Å²) in [6, 6.07) is 18.4. The molecule has 0 aromatic heterocycles. The van der Waals surface area contributed by atoms with Gasteiger partial charge in [0.1, 0.15) is 11.8 Å². The standard InChI is InChI=1S/C18H17NOS/c1-2-18(12-20)13-21-16-11-7-6-10-15(16)17(19-18)14-8-4-3-5-9-14/h3-12H,2,13H2,1H3. The van der Waals surface area contributed by atoms with Crippen molar-refractivity contribution in [3.63, 3.8) is 0 Å². The fraction of sp³-hybridized carbons (Fsp3) is 0.222. The molecule has 21 heavy (non-hydrogen) atoms. The minimum Gasteiger partial charge on any atom is -0.301 e. The van der Waals surface area contributed by atoms with Crippen LogP contribution in [-0.2, 0) is 4.79 Å². The lowest BCUT2D eigenvalue weighted by Crippen LogP contribution is -2.31. The zero-order valence-electron chi connectivity index (χ0n) is 12.0. The van der Waals surface area contributed by atoms with Gasteiger partial charge in [-0.2, -0.15) is 0 Å². The molecule has 2 aromatic rings. The molecule has 1 aliphatic heterocycles. The van der Waals surface area contributed by atoms with Crippen molar-refractivity contribution in [2.75, 3.05) is 5.75 Å². The van der Waals surface area contributed by atoms with Crippen LogP contribution in [0.2, 0.25) is 0 Å². The van der Waals surface area contributed by atoms with Gasteiger partial charge in [-0.15, -0.1) is 11.8 Å². The maximum absolute atomic E-state index is 11.7. The first-order chi connectivity index (χ1) is 10.3. The molecule has 1 aliphatic rings. The summed E-state index contributed by atoms with van der Waals surface area (Å²) in [6.45, 7) is 2.02. The van der Waals surface area contributed by atoms with Gasteiger partial charge in [0, 0.05) is 21.8 Å². The Labute approximate surface area is 129 Å². The number of hydrogen-bond acceptors (Lipinski definition) is 3. The first-order valence-electron chi connectivity index (χ1n) is 7.12. The summed E-state index contributed by atoms with van der Waals surface area (Å²) in [5, 5.41) is 0. The highest BCUT2D eigenvalue weighted by Gasteiger charge is 2.31. The number of benzene rings is 2. The Morgan fingerprint density at radius 2 is 1.86 bits per heavy atom. The molecule has 1 unspecified atom stereocenters. The van der Waals surface area contributed by atoms with Crippen LogP contribution < -0.4 is 0 Å². The Kier molecular flexibility index (Phi) is 3.93. The van der Waals surface area contributed by atoms with Gasteiger partial charge >= 0.3 is 0 Å². The van der Waals surface area contributed by atoms with Gasteiger partial charge in [-0.25, -0.2) is 0 Å². The molecule has 0 aliphatic carbocycles. The fourth-order valence-electron chi connectivity index (χ4n) is 2.45. The third kappa shape index (κ3) is 2.66. The number of aliphatic imine (C=N–C) groups is 1. The van der Waals surface area contributed by atoms with Gasteiger partial charge in [0.25, 0.3) is 0 Å². The van der Waals surface area contributed by atoms with Crippen molar-refractivity contribution >= 4 is 23.8 Å². The first-order valence-corrected chi connectivity index (χ1v) is 8.10. The van der Waals surface area contributed by atoms with Crippen molar-refractivity contribution in [1.29, 1.82) is 0 Å². The predicted octanol–water partition coefficient (Wildman–Crippen LogP) is 3.98.